The Morgan fingerprint density at radius 1 is 1.19 bits per heavy atom. The summed E-state index contributed by atoms with van der Waals surface area (Å²) in [7, 11) is 1.42. The maximum absolute atomic E-state index is 11.8. The van der Waals surface area contributed by atoms with Crippen LogP contribution < -0.4 is 22.1 Å². The monoisotopic (exact) mass is 303 g/mol. The lowest BCUT2D eigenvalue weighted by Crippen LogP contribution is -2.50. The first kappa shape index (κ1) is 18.6. The third-order valence-electron chi connectivity index (χ3n) is 2.60. The second-order valence-corrected chi connectivity index (χ2v) is 4.29. The molecule has 0 saturated heterocycles. The van der Waals surface area contributed by atoms with Crippen LogP contribution in [0.2, 0.25) is 0 Å². The number of carbonyl (C=O) groups excluding carboxylic acids is 1. The van der Waals surface area contributed by atoms with E-state index in [1.54, 1.807) is 0 Å². The van der Waals surface area contributed by atoms with Crippen molar-refractivity contribution in [1.29, 1.82) is 0 Å². The highest BCUT2D eigenvalue weighted by atomic mass is 16.4. The van der Waals surface area contributed by atoms with Crippen LogP contribution in [-0.4, -0.2) is 59.7 Å². The molecule has 10 heteroatoms. The van der Waals surface area contributed by atoms with Gasteiger partial charge in [0.25, 0.3) is 0 Å². The SMILES string of the molecule is CN[C@@H](CC(=O)O)C(=O)N[C@@H](CCCN=C(N)N)C(=O)O. The van der Waals surface area contributed by atoms with Gasteiger partial charge in [0, 0.05) is 6.54 Å². The lowest BCUT2D eigenvalue weighted by molar-refractivity contribution is -0.143. The summed E-state index contributed by atoms with van der Waals surface area (Å²) in [5.74, 6) is -3.15. The summed E-state index contributed by atoms with van der Waals surface area (Å²) in [4.78, 5) is 37.2. The molecular formula is C11H21N5O5. The number of guanidine groups is 1. The minimum atomic E-state index is -1.21. The van der Waals surface area contributed by atoms with Gasteiger partial charge in [0.2, 0.25) is 5.91 Å². The quantitative estimate of drug-likeness (QED) is 0.148. The van der Waals surface area contributed by atoms with Crippen LogP contribution >= 0.6 is 0 Å². The average molecular weight is 303 g/mol. The number of carboxylic acid groups (broad SMARTS) is 2. The maximum Gasteiger partial charge on any atom is 0.326 e. The fraction of sp³-hybridized carbons (Fsp3) is 0.636. The van der Waals surface area contributed by atoms with Gasteiger partial charge in [-0.25, -0.2) is 4.79 Å². The van der Waals surface area contributed by atoms with Crippen LogP contribution in [0.15, 0.2) is 4.99 Å². The minimum absolute atomic E-state index is 0.0948. The van der Waals surface area contributed by atoms with Gasteiger partial charge < -0.3 is 32.3 Å². The summed E-state index contributed by atoms with van der Waals surface area (Å²) in [6, 6.07) is -2.13. The van der Waals surface area contributed by atoms with E-state index in [0.717, 1.165) is 0 Å². The van der Waals surface area contributed by atoms with Gasteiger partial charge >= 0.3 is 11.9 Å². The van der Waals surface area contributed by atoms with Crippen molar-refractivity contribution in [1.82, 2.24) is 10.6 Å². The highest BCUT2D eigenvalue weighted by Gasteiger charge is 2.25. The molecular weight excluding hydrogens is 282 g/mol. The summed E-state index contributed by atoms with van der Waals surface area (Å²) in [6.45, 7) is 0.243. The third-order valence-corrected chi connectivity index (χ3v) is 2.60. The molecule has 0 aromatic carbocycles. The molecule has 0 bridgehead atoms. The number of nitrogens with two attached hydrogens (primary N) is 2. The van der Waals surface area contributed by atoms with E-state index < -0.39 is 36.4 Å². The molecule has 0 spiro atoms. The van der Waals surface area contributed by atoms with Crippen molar-refractivity contribution < 1.29 is 24.6 Å². The first-order valence-electron chi connectivity index (χ1n) is 6.25. The number of nitrogens with zero attached hydrogens (tertiary/aromatic N) is 1. The molecule has 0 aliphatic carbocycles. The van der Waals surface area contributed by atoms with Crippen molar-refractivity contribution in [2.24, 2.45) is 16.5 Å². The molecule has 0 radical (unpaired) electrons. The Morgan fingerprint density at radius 3 is 2.24 bits per heavy atom. The number of carboxylic acids is 2. The van der Waals surface area contributed by atoms with Crippen molar-refractivity contribution >= 4 is 23.8 Å². The number of nitrogens with one attached hydrogen (secondary N) is 2. The average Bonchev–Trinajstić information content (AvgIpc) is 2.38. The van der Waals surface area contributed by atoms with E-state index in [1.807, 2.05) is 0 Å². The number of rotatable bonds is 10. The van der Waals surface area contributed by atoms with Gasteiger partial charge in [0.1, 0.15) is 6.04 Å². The highest BCUT2D eigenvalue weighted by molar-refractivity contribution is 5.89. The highest BCUT2D eigenvalue weighted by Crippen LogP contribution is 2.01. The summed E-state index contributed by atoms with van der Waals surface area (Å²) < 4.78 is 0. The van der Waals surface area contributed by atoms with Crippen LogP contribution in [-0.2, 0) is 14.4 Å². The molecule has 0 fully saturated rings. The molecule has 10 nitrogen and oxygen atoms in total. The summed E-state index contributed by atoms with van der Waals surface area (Å²) in [6.07, 6.45) is 0.0440. The number of aliphatic carboxylic acids is 2. The van der Waals surface area contributed by atoms with Crippen molar-refractivity contribution in [3.63, 3.8) is 0 Å². The van der Waals surface area contributed by atoms with Crippen LogP contribution in [0, 0.1) is 0 Å². The molecule has 0 heterocycles. The topological polar surface area (TPSA) is 180 Å². The van der Waals surface area contributed by atoms with E-state index in [4.69, 9.17) is 21.7 Å². The van der Waals surface area contributed by atoms with Crippen molar-refractivity contribution in [3.8, 4) is 0 Å². The fourth-order valence-electron chi connectivity index (χ4n) is 1.53. The molecule has 0 rings (SSSR count). The van der Waals surface area contributed by atoms with Crippen LogP contribution in [0.1, 0.15) is 19.3 Å². The van der Waals surface area contributed by atoms with E-state index in [1.165, 1.54) is 7.05 Å². The summed E-state index contributed by atoms with van der Waals surface area (Å²) in [5.41, 5.74) is 10.3. The summed E-state index contributed by atoms with van der Waals surface area (Å²) >= 11 is 0. The van der Waals surface area contributed by atoms with E-state index in [-0.39, 0.29) is 18.9 Å². The number of aliphatic imine (C=N–C) groups is 1. The second kappa shape index (κ2) is 9.53. The van der Waals surface area contributed by atoms with E-state index >= 15 is 0 Å². The molecule has 8 N–H and O–H groups in total. The van der Waals surface area contributed by atoms with Crippen molar-refractivity contribution in [2.45, 2.75) is 31.3 Å². The van der Waals surface area contributed by atoms with Gasteiger partial charge in [0.05, 0.1) is 12.5 Å². The molecule has 2 atom stereocenters. The Labute approximate surface area is 121 Å². The summed E-state index contributed by atoms with van der Waals surface area (Å²) in [5, 5.41) is 22.5. The Hall–Kier alpha value is -2.36. The zero-order chi connectivity index (χ0) is 16.4. The van der Waals surface area contributed by atoms with Gasteiger partial charge in [-0.1, -0.05) is 0 Å². The normalized spacial score (nSPS) is 13.0. The zero-order valence-corrected chi connectivity index (χ0v) is 11.7. The van der Waals surface area contributed by atoms with E-state index in [2.05, 4.69) is 15.6 Å². The molecule has 0 saturated carbocycles. The molecule has 0 aromatic rings. The van der Waals surface area contributed by atoms with Crippen LogP contribution in [0.5, 0.6) is 0 Å². The Morgan fingerprint density at radius 2 is 1.81 bits per heavy atom. The van der Waals surface area contributed by atoms with Gasteiger partial charge in [-0.3, -0.25) is 14.6 Å². The van der Waals surface area contributed by atoms with E-state index in [9.17, 15) is 14.4 Å². The Balaban J connectivity index is 4.47. The smallest absolute Gasteiger partial charge is 0.326 e. The van der Waals surface area contributed by atoms with Crippen LogP contribution in [0.3, 0.4) is 0 Å². The lowest BCUT2D eigenvalue weighted by atomic mass is 10.1. The fourth-order valence-corrected chi connectivity index (χ4v) is 1.53. The minimum Gasteiger partial charge on any atom is -0.481 e. The Kier molecular flexibility index (Phi) is 8.46. The lowest BCUT2D eigenvalue weighted by Gasteiger charge is -2.18. The molecule has 0 aliphatic heterocycles. The van der Waals surface area contributed by atoms with Gasteiger partial charge in [-0.05, 0) is 19.9 Å². The predicted molar refractivity (Wildman–Crippen MR) is 74.6 cm³/mol. The van der Waals surface area contributed by atoms with Gasteiger partial charge in [-0.15, -0.1) is 0 Å². The van der Waals surface area contributed by atoms with Crippen LogP contribution in [0.25, 0.3) is 0 Å². The standard InChI is InChI=1S/C11H21N5O5/c1-14-7(5-8(17)18)9(19)16-6(10(20)21)3-2-4-15-11(12)13/h6-7,14H,2-5H2,1H3,(H,16,19)(H,17,18)(H,20,21)(H4,12,13,15)/t6-,7-/m0/s1. The second-order valence-electron chi connectivity index (χ2n) is 4.29. The third kappa shape index (κ3) is 8.42. The van der Waals surface area contributed by atoms with Gasteiger partial charge in [0.15, 0.2) is 5.96 Å². The molecule has 1 amide bonds. The van der Waals surface area contributed by atoms with Gasteiger partial charge in [-0.2, -0.15) is 0 Å². The van der Waals surface area contributed by atoms with Crippen molar-refractivity contribution in [2.75, 3.05) is 13.6 Å². The van der Waals surface area contributed by atoms with Crippen molar-refractivity contribution in [3.05, 3.63) is 0 Å². The number of carbonyl (C=O) groups is 3. The van der Waals surface area contributed by atoms with E-state index in [0.29, 0.717) is 6.42 Å². The number of likely N-dealkylation sites (N-methyl/N-ethyl adjacent to an activating group) is 1. The first-order valence-corrected chi connectivity index (χ1v) is 6.25. The molecule has 0 unspecified atom stereocenters. The Bertz CT molecular complexity index is 408. The maximum atomic E-state index is 11.8. The zero-order valence-electron chi connectivity index (χ0n) is 11.7. The van der Waals surface area contributed by atoms with Crippen LogP contribution in [0.4, 0.5) is 0 Å². The first-order chi connectivity index (χ1) is 9.77. The largest absolute Gasteiger partial charge is 0.481 e. The number of hydrogen-bond acceptors (Lipinski definition) is 5. The molecule has 120 valence electrons. The molecule has 0 aliphatic rings. The molecule has 0 aromatic heterocycles. The number of amides is 1. The predicted octanol–water partition coefficient (Wildman–Crippen LogP) is -2.33. The number of hydrogen-bond donors (Lipinski definition) is 6. The molecule has 21 heavy (non-hydrogen) atoms.